The number of alkyl carbamates (subject to hydrolysis) is 1. The van der Waals surface area contributed by atoms with E-state index in [0.717, 1.165) is 6.08 Å². The number of fused-ring (bicyclic) bond motifs is 1. The van der Waals surface area contributed by atoms with Crippen LogP contribution < -0.4 is 5.32 Å². The number of allylic oxidation sites excluding steroid dienone is 1. The number of rotatable bonds is 8. The standard InChI is InChI=1S/C27H27NO6/c1-27(2,17-9-8-14-23(30)31)24(21-15-16-22(29)20-13-7-6-12-19(20)21)34-26(33)28-25(32)18-10-4-3-5-11-18/h3-8,10-16,24,29H,9,17H2,1-2H3,(H,30,31)(H,28,32,33)/b14-8+. The van der Waals surface area contributed by atoms with Crippen molar-refractivity contribution in [2.75, 3.05) is 0 Å². The number of nitrogens with one attached hydrogen (secondary N) is 1. The number of hydrogen-bond donors (Lipinski definition) is 3. The first-order valence-electron chi connectivity index (χ1n) is 10.9. The van der Waals surface area contributed by atoms with Gasteiger partial charge in [0.05, 0.1) is 0 Å². The molecular formula is C27H27NO6. The monoisotopic (exact) mass is 461 g/mol. The number of carbonyl (C=O) groups is 3. The molecule has 1 unspecified atom stereocenters. The molecule has 0 aromatic heterocycles. The van der Waals surface area contributed by atoms with Gasteiger partial charge in [-0.3, -0.25) is 10.1 Å². The molecule has 176 valence electrons. The molecule has 0 aliphatic rings. The number of benzene rings is 3. The van der Waals surface area contributed by atoms with Gasteiger partial charge in [0.1, 0.15) is 11.9 Å². The number of carbonyl (C=O) groups excluding carboxylic acids is 2. The van der Waals surface area contributed by atoms with Crippen LogP contribution in [0.15, 0.2) is 78.9 Å². The normalized spacial score (nSPS) is 12.4. The molecule has 3 rings (SSSR count). The molecule has 0 aliphatic heterocycles. The van der Waals surface area contributed by atoms with E-state index in [4.69, 9.17) is 9.84 Å². The van der Waals surface area contributed by atoms with Gasteiger partial charge in [-0.05, 0) is 36.4 Å². The van der Waals surface area contributed by atoms with Gasteiger partial charge in [0, 0.05) is 28.0 Å². The number of ether oxygens (including phenoxy) is 1. The van der Waals surface area contributed by atoms with Gasteiger partial charge < -0.3 is 14.9 Å². The molecule has 0 bridgehead atoms. The predicted molar refractivity (Wildman–Crippen MR) is 129 cm³/mol. The van der Waals surface area contributed by atoms with Crippen molar-refractivity contribution in [3.05, 3.63) is 90.0 Å². The van der Waals surface area contributed by atoms with Crippen molar-refractivity contribution in [3.63, 3.8) is 0 Å². The fourth-order valence-corrected chi connectivity index (χ4v) is 3.84. The average molecular weight is 462 g/mol. The molecule has 3 aromatic rings. The van der Waals surface area contributed by atoms with E-state index in [1.165, 1.54) is 0 Å². The van der Waals surface area contributed by atoms with Crippen molar-refractivity contribution in [2.45, 2.75) is 32.8 Å². The zero-order valence-electron chi connectivity index (χ0n) is 19.0. The Kier molecular flexibility index (Phi) is 7.68. The van der Waals surface area contributed by atoms with Crippen molar-refractivity contribution >= 4 is 28.7 Å². The summed E-state index contributed by atoms with van der Waals surface area (Å²) >= 11 is 0. The predicted octanol–water partition coefficient (Wildman–Crippen LogP) is 5.60. The van der Waals surface area contributed by atoms with Crippen LogP contribution >= 0.6 is 0 Å². The van der Waals surface area contributed by atoms with Crippen LogP contribution in [-0.2, 0) is 9.53 Å². The number of amides is 2. The van der Waals surface area contributed by atoms with Crippen molar-refractivity contribution in [3.8, 4) is 5.75 Å². The number of imide groups is 1. The third kappa shape index (κ3) is 6.01. The highest BCUT2D eigenvalue weighted by Gasteiger charge is 2.35. The fourth-order valence-electron chi connectivity index (χ4n) is 3.84. The molecule has 7 heteroatoms. The first-order chi connectivity index (χ1) is 16.2. The molecule has 3 N–H and O–H groups in total. The zero-order chi connectivity index (χ0) is 24.7. The molecule has 1 atom stereocenters. The van der Waals surface area contributed by atoms with Gasteiger partial charge in [-0.2, -0.15) is 0 Å². The van der Waals surface area contributed by atoms with E-state index in [1.54, 1.807) is 60.7 Å². The van der Waals surface area contributed by atoms with E-state index in [0.29, 0.717) is 34.7 Å². The molecule has 0 fully saturated rings. The van der Waals surface area contributed by atoms with Crippen LogP contribution in [0.3, 0.4) is 0 Å². The first kappa shape index (κ1) is 24.5. The fraction of sp³-hybridized carbons (Fsp3) is 0.222. The van der Waals surface area contributed by atoms with Crippen LogP contribution in [-0.4, -0.2) is 28.2 Å². The number of carboxylic acids is 1. The molecule has 0 saturated carbocycles. The Morgan fingerprint density at radius 2 is 1.62 bits per heavy atom. The second-order valence-corrected chi connectivity index (χ2v) is 8.59. The summed E-state index contributed by atoms with van der Waals surface area (Å²) in [6.45, 7) is 3.81. The van der Waals surface area contributed by atoms with Crippen molar-refractivity contribution in [1.82, 2.24) is 5.32 Å². The number of carboxylic acid groups (broad SMARTS) is 1. The van der Waals surface area contributed by atoms with E-state index >= 15 is 0 Å². The van der Waals surface area contributed by atoms with Crippen molar-refractivity contribution in [1.29, 1.82) is 0 Å². The van der Waals surface area contributed by atoms with Crippen LogP contribution in [0.4, 0.5) is 4.79 Å². The lowest BCUT2D eigenvalue weighted by Gasteiger charge is -2.34. The number of aliphatic carboxylic acids is 1. The Hall–Kier alpha value is -4.13. The molecule has 0 spiro atoms. The number of phenolic OH excluding ortho intramolecular Hbond substituents is 1. The lowest BCUT2D eigenvalue weighted by molar-refractivity contribution is -0.131. The van der Waals surface area contributed by atoms with Gasteiger partial charge in [-0.15, -0.1) is 0 Å². The van der Waals surface area contributed by atoms with E-state index in [1.807, 2.05) is 26.0 Å². The molecule has 34 heavy (non-hydrogen) atoms. The minimum absolute atomic E-state index is 0.101. The quantitative estimate of drug-likeness (QED) is 0.376. The Labute approximate surface area is 197 Å². The SMILES string of the molecule is CC(C)(CC/C=C/C(=O)O)C(OC(=O)NC(=O)c1ccccc1)c1ccc(O)c2ccccc12. The molecule has 0 aliphatic carbocycles. The Morgan fingerprint density at radius 1 is 0.971 bits per heavy atom. The Morgan fingerprint density at radius 3 is 2.29 bits per heavy atom. The van der Waals surface area contributed by atoms with Crippen molar-refractivity contribution in [2.24, 2.45) is 5.41 Å². The molecule has 0 heterocycles. The average Bonchev–Trinajstić information content (AvgIpc) is 2.81. The molecule has 0 radical (unpaired) electrons. The summed E-state index contributed by atoms with van der Waals surface area (Å²) in [5.41, 5.74) is 0.350. The molecular weight excluding hydrogens is 434 g/mol. The second-order valence-electron chi connectivity index (χ2n) is 8.59. The third-order valence-corrected chi connectivity index (χ3v) is 5.62. The maximum Gasteiger partial charge on any atom is 0.414 e. The summed E-state index contributed by atoms with van der Waals surface area (Å²) < 4.78 is 5.83. The minimum atomic E-state index is -1.03. The highest BCUT2D eigenvalue weighted by atomic mass is 16.6. The highest BCUT2D eigenvalue weighted by molar-refractivity contribution is 6.03. The van der Waals surface area contributed by atoms with Crippen LogP contribution in [0.1, 0.15) is 48.7 Å². The van der Waals surface area contributed by atoms with Gasteiger partial charge in [-0.25, -0.2) is 9.59 Å². The highest BCUT2D eigenvalue weighted by Crippen LogP contribution is 2.44. The smallest absolute Gasteiger partial charge is 0.414 e. The first-order valence-corrected chi connectivity index (χ1v) is 10.9. The molecule has 7 nitrogen and oxygen atoms in total. The van der Waals surface area contributed by atoms with Gasteiger partial charge in [0.15, 0.2) is 0 Å². The van der Waals surface area contributed by atoms with E-state index in [2.05, 4.69) is 5.32 Å². The van der Waals surface area contributed by atoms with Gasteiger partial charge >= 0.3 is 12.1 Å². The van der Waals surface area contributed by atoms with Crippen LogP contribution in [0.5, 0.6) is 5.75 Å². The van der Waals surface area contributed by atoms with Crippen LogP contribution in [0, 0.1) is 5.41 Å². The lowest BCUT2D eigenvalue weighted by Crippen LogP contribution is -2.35. The van der Waals surface area contributed by atoms with Gasteiger partial charge in [0.25, 0.3) is 5.91 Å². The van der Waals surface area contributed by atoms with Gasteiger partial charge in [0.2, 0.25) is 0 Å². The maximum absolute atomic E-state index is 12.8. The van der Waals surface area contributed by atoms with E-state index in [9.17, 15) is 19.5 Å². The molecule has 0 saturated heterocycles. The van der Waals surface area contributed by atoms with E-state index in [-0.39, 0.29) is 5.75 Å². The minimum Gasteiger partial charge on any atom is -0.507 e. The topological polar surface area (TPSA) is 113 Å². The maximum atomic E-state index is 12.8. The second kappa shape index (κ2) is 10.7. The number of aromatic hydroxyl groups is 1. The summed E-state index contributed by atoms with van der Waals surface area (Å²) in [6.07, 6.45) is 1.88. The largest absolute Gasteiger partial charge is 0.507 e. The van der Waals surface area contributed by atoms with Crippen LogP contribution in [0.25, 0.3) is 10.8 Å². The Bertz CT molecular complexity index is 1220. The summed E-state index contributed by atoms with van der Waals surface area (Å²) in [4.78, 5) is 36.0. The van der Waals surface area contributed by atoms with E-state index < -0.39 is 29.5 Å². The molecule has 2 amide bonds. The summed E-state index contributed by atoms with van der Waals surface area (Å²) in [5, 5.41) is 22.7. The molecule has 3 aromatic carbocycles. The summed E-state index contributed by atoms with van der Waals surface area (Å²) in [7, 11) is 0. The zero-order valence-corrected chi connectivity index (χ0v) is 19.0. The van der Waals surface area contributed by atoms with Crippen molar-refractivity contribution < 1.29 is 29.3 Å². The lowest BCUT2D eigenvalue weighted by atomic mass is 9.77. The van der Waals surface area contributed by atoms with Crippen LogP contribution in [0.2, 0.25) is 0 Å². The Balaban J connectivity index is 1.92. The summed E-state index contributed by atoms with van der Waals surface area (Å²) in [6, 6.07) is 18.8. The van der Waals surface area contributed by atoms with Gasteiger partial charge in [-0.1, -0.05) is 68.5 Å². The summed E-state index contributed by atoms with van der Waals surface area (Å²) in [5.74, 6) is -1.51. The number of hydrogen-bond acceptors (Lipinski definition) is 5. The third-order valence-electron chi connectivity index (χ3n) is 5.62. The number of phenols is 1.